The summed E-state index contributed by atoms with van der Waals surface area (Å²) in [5.74, 6) is 0. The zero-order valence-corrected chi connectivity index (χ0v) is 12.5. The van der Waals surface area contributed by atoms with Crippen molar-refractivity contribution in [1.82, 2.24) is 4.90 Å². The van der Waals surface area contributed by atoms with Crippen LogP contribution in [0.4, 0.5) is 5.69 Å². The predicted molar refractivity (Wildman–Crippen MR) is 82.6 cm³/mol. The molecule has 1 fully saturated rings. The normalized spacial score (nSPS) is 22.2. The minimum atomic E-state index is 0.367. The fraction of sp³-hybridized carbons (Fsp3) is 0.625. The molecule has 2 atom stereocenters. The zero-order valence-electron chi connectivity index (χ0n) is 12.5. The molecule has 1 aliphatic rings. The SMILES string of the molecule is CC1CCCCN1C(CN)c1ccc(N(C)C)cc1. The summed E-state index contributed by atoms with van der Waals surface area (Å²) in [6.45, 7) is 4.21. The zero-order chi connectivity index (χ0) is 13.8. The van der Waals surface area contributed by atoms with Crippen molar-refractivity contribution in [3.63, 3.8) is 0 Å². The molecule has 3 nitrogen and oxygen atoms in total. The van der Waals surface area contributed by atoms with Crippen molar-refractivity contribution < 1.29 is 0 Å². The van der Waals surface area contributed by atoms with Crippen LogP contribution in [0.3, 0.4) is 0 Å². The molecule has 19 heavy (non-hydrogen) atoms. The summed E-state index contributed by atoms with van der Waals surface area (Å²) >= 11 is 0. The molecule has 1 saturated heterocycles. The largest absolute Gasteiger partial charge is 0.378 e. The Morgan fingerprint density at radius 2 is 1.95 bits per heavy atom. The summed E-state index contributed by atoms with van der Waals surface area (Å²) in [7, 11) is 4.14. The van der Waals surface area contributed by atoms with Gasteiger partial charge in [0.15, 0.2) is 0 Å². The van der Waals surface area contributed by atoms with Crippen LogP contribution in [0.25, 0.3) is 0 Å². The van der Waals surface area contributed by atoms with Crippen LogP contribution in [-0.4, -0.2) is 38.1 Å². The molecule has 0 amide bonds. The third-order valence-corrected chi connectivity index (χ3v) is 4.27. The van der Waals surface area contributed by atoms with Crippen molar-refractivity contribution in [3.05, 3.63) is 29.8 Å². The van der Waals surface area contributed by atoms with Gasteiger partial charge in [0.2, 0.25) is 0 Å². The van der Waals surface area contributed by atoms with Gasteiger partial charge in [0.25, 0.3) is 0 Å². The monoisotopic (exact) mass is 261 g/mol. The highest BCUT2D eigenvalue weighted by Crippen LogP contribution is 2.28. The van der Waals surface area contributed by atoms with E-state index in [0.717, 1.165) is 0 Å². The Hall–Kier alpha value is -1.06. The second-order valence-electron chi connectivity index (χ2n) is 5.82. The molecular formula is C16H27N3. The van der Waals surface area contributed by atoms with E-state index in [0.29, 0.717) is 18.6 Å². The third-order valence-electron chi connectivity index (χ3n) is 4.27. The molecule has 1 aromatic rings. The molecule has 3 heteroatoms. The summed E-state index contributed by atoms with van der Waals surface area (Å²) < 4.78 is 0. The number of piperidine rings is 1. The second kappa shape index (κ2) is 6.40. The molecule has 0 aromatic heterocycles. The number of hydrogen-bond donors (Lipinski definition) is 1. The van der Waals surface area contributed by atoms with E-state index >= 15 is 0 Å². The van der Waals surface area contributed by atoms with Gasteiger partial charge in [-0.2, -0.15) is 0 Å². The predicted octanol–water partition coefficient (Wildman–Crippen LogP) is 2.63. The van der Waals surface area contributed by atoms with Crippen LogP contribution in [-0.2, 0) is 0 Å². The van der Waals surface area contributed by atoms with Crippen molar-refractivity contribution in [3.8, 4) is 0 Å². The molecule has 0 bridgehead atoms. The van der Waals surface area contributed by atoms with E-state index in [2.05, 4.69) is 55.1 Å². The van der Waals surface area contributed by atoms with Gasteiger partial charge in [-0.15, -0.1) is 0 Å². The molecule has 0 saturated carbocycles. The molecule has 1 aliphatic heterocycles. The Morgan fingerprint density at radius 1 is 1.26 bits per heavy atom. The van der Waals surface area contributed by atoms with E-state index in [1.54, 1.807) is 0 Å². The fourth-order valence-electron chi connectivity index (χ4n) is 3.04. The summed E-state index contributed by atoms with van der Waals surface area (Å²) in [6, 6.07) is 9.85. The highest BCUT2D eigenvalue weighted by Gasteiger charge is 2.26. The average molecular weight is 261 g/mol. The maximum absolute atomic E-state index is 6.04. The van der Waals surface area contributed by atoms with Crippen LogP contribution in [0.1, 0.15) is 37.8 Å². The first-order valence-corrected chi connectivity index (χ1v) is 7.36. The van der Waals surface area contributed by atoms with Crippen molar-refractivity contribution in [2.75, 3.05) is 32.1 Å². The van der Waals surface area contributed by atoms with Crippen molar-refractivity contribution in [2.45, 2.75) is 38.3 Å². The van der Waals surface area contributed by atoms with Crippen molar-refractivity contribution >= 4 is 5.69 Å². The van der Waals surface area contributed by atoms with Gasteiger partial charge in [0, 0.05) is 38.4 Å². The van der Waals surface area contributed by atoms with Gasteiger partial charge in [-0.05, 0) is 44.0 Å². The van der Waals surface area contributed by atoms with E-state index < -0.39 is 0 Å². The molecule has 2 rings (SSSR count). The van der Waals surface area contributed by atoms with E-state index in [4.69, 9.17) is 5.73 Å². The lowest BCUT2D eigenvalue weighted by Gasteiger charge is -2.39. The molecular weight excluding hydrogens is 234 g/mol. The third kappa shape index (κ3) is 3.28. The molecule has 0 aliphatic carbocycles. The number of anilines is 1. The Labute approximate surface area is 117 Å². The van der Waals surface area contributed by atoms with E-state index in [9.17, 15) is 0 Å². The van der Waals surface area contributed by atoms with Gasteiger partial charge in [0.05, 0.1) is 0 Å². The van der Waals surface area contributed by atoms with Crippen LogP contribution >= 0.6 is 0 Å². The lowest BCUT2D eigenvalue weighted by atomic mass is 9.97. The summed E-state index contributed by atoms with van der Waals surface area (Å²) in [4.78, 5) is 4.71. The summed E-state index contributed by atoms with van der Waals surface area (Å²) in [5.41, 5.74) is 8.63. The number of hydrogen-bond acceptors (Lipinski definition) is 3. The molecule has 2 unspecified atom stereocenters. The van der Waals surface area contributed by atoms with Gasteiger partial charge >= 0.3 is 0 Å². The highest BCUT2D eigenvalue weighted by atomic mass is 15.2. The highest BCUT2D eigenvalue weighted by molar-refractivity contribution is 5.46. The average Bonchev–Trinajstić information content (AvgIpc) is 2.42. The minimum absolute atomic E-state index is 0.367. The van der Waals surface area contributed by atoms with Gasteiger partial charge in [0.1, 0.15) is 0 Å². The van der Waals surface area contributed by atoms with Crippen molar-refractivity contribution in [2.24, 2.45) is 5.73 Å². The molecule has 2 N–H and O–H groups in total. The number of nitrogens with two attached hydrogens (primary N) is 1. The maximum atomic E-state index is 6.04. The standard InChI is InChI=1S/C16H27N3/c1-13-6-4-5-11-19(13)16(12-17)14-7-9-15(10-8-14)18(2)3/h7-10,13,16H,4-6,11-12,17H2,1-3H3. The first-order valence-electron chi connectivity index (χ1n) is 7.36. The smallest absolute Gasteiger partial charge is 0.0473 e. The number of likely N-dealkylation sites (tertiary alicyclic amines) is 1. The van der Waals surface area contributed by atoms with Crippen molar-refractivity contribution in [1.29, 1.82) is 0 Å². The van der Waals surface area contributed by atoms with Crippen LogP contribution < -0.4 is 10.6 Å². The lowest BCUT2D eigenvalue weighted by molar-refractivity contribution is 0.109. The Bertz CT molecular complexity index is 385. The Morgan fingerprint density at radius 3 is 2.47 bits per heavy atom. The van der Waals surface area contributed by atoms with Gasteiger partial charge in [-0.1, -0.05) is 18.6 Å². The topological polar surface area (TPSA) is 32.5 Å². The van der Waals surface area contributed by atoms with Crippen LogP contribution in [0.2, 0.25) is 0 Å². The van der Waals surface area contributed by atoms with Crippen LogP contribution in [0.15, 0.2) is 24.3 Å². The molecule has 0 spiro atoms. The Balaban J connectivity index is 2.16. The van der Waals surface area contributed by atoms with E-state index in [1.165, 1.54) is 37.1 Å². The molecule has 1 heterocycles. The number of nitrogens with zero attached hydrogens (tertiary/aromatic N) is 2. The molecule has 1 aromatic carbocycles. The first kappa shape index (κ1) is 14.4. The first-order chi connectivity index (χ1) is 9.13. The molecule has 106 valence electrons. The van der Waals surface area contributed by atoms with E-state index in [1.807, 2.05) is 0 Å². The van der Waals surface area contributed by atoms with Gasteiger partial charge < -0.3 is 10.6 Å². The summed E-state index contributed by atoms with van der Waals surface area (Å²) in [5, 5.41) is 0. The lowest BCUT2D eigenvalue weighted by Crippen LogP contribution is -2.43. The van der Waals surface area contributed by atoms with Crippen LogP contribution in [0.5, 0.6) is 0 Å². The number of benzene rings is 1. The van der Waals surface area contributed by atoms with Crippen LogP contribution in [0, 0.1) is 0 Å². The van der Waals surface area contributed by atoms with Gasteiger partial charge in [-0.25, -0.2) is 0 Å². The Kier molecular flexibility index (Phi) is 4.83. The maximum Gasteiger partial charge on any atom is 0.0473 e. The fourth-order valence-corrected chi connectivity index (χ4v) is 3.04. The molecule has 0 radical (unpaired) electrons. The summed E-state index contributed by atoms with van der Waals surface area (Å²) in [6.07, 6.45) is 3.96. The van der Waals surface area contributed by atoms with E-state index in [-0.39, 0.29) is 0 Å². The minimum Gasteiger partial charge on any atom is -0.378 e. The number of rotatable bonds is 4. The quantitative estimate of drug-likeness (QED) is 0.904. The second-order valence-corrected chi connectivity index (χ2v) is 5.82. The van der Waals surface area contributed by atoms with Gasteiger partial charge in [-0.3, -0.25) is 4.90 Å².